The van der Waals surface area contributed by atoms with E-state index in [0.717, 1.165) is 0 Å². The number of amides is 2. The van der Waals surface area contributed by atoms with E-state index >= 15 is 0 Å². The molecule has 0 bridgehead atoms. The van der Waals surface area contributed by atoms with Crippen LogP contribution < -0.4 is 16.4 Å². The smallest absolute Gasteiger partial charge is 0.248 e. The van der Waals surface area contributed by atoms with Crippen molar-refractivity contribution in [3.63, 3.8) is 0 Å². The lowest BCUT2D eigenvalue weighted by Gasteiger charge is -2.20. The molecule has 0 fully saturated rings. The van der Waals surface area contributed by atoms with Gasteiger partial charge >= 0.3 is 0 Å². The Bertz CT molecular complexity index is 433. The number of carbonyl (C=O) groups excluding carboxylic acids is 2. The summed E-state index contributed by atoms with van der Waals surface area (Å²) >= 11 is 0. The molecule has 1 rings (SSSR count). The van der Waals surface area contributed by atoms with Gasteiger partial charge in [-0.3, -0.25) is 9.59 Å². The van der Waals surface area contributed by atoms with Gasteiger partial charge in [0.2, 0.25) is 11.8 Å². The predicted molar refractivity (Wildman–Crippen MR) is 71.3 cm³/mol. The van der Waals surface area contributed by atoms with Gasteiger partial charge < -0.3 is 16.4 Å². The Kier molecular flexibility index (Phi) is 4.44. The van der Waals surface area contributed by atoms with E-state index in [9.17, 15) is 9.59 Å². The maximum Gasteiger partial charge on any atom is 0.248 e. The fourth-order valence-electron chi connectivity index (χ4n) is 1.27. The molecule has 0 saturated heterocycles. The van der Waals surface area contributed by atoms with Crippen molar-refractivity contribution in [1.29, 1.82) is 0 Å². The SMILES string of the molecule is CC(C)(C)NCC(=O)Nc1ccc(C(N)=O)cc1. The molecule has 0 radical (unpaired) electrons. The Balaban J connectivity index is 2.52. The van der Waals surface area contributed by atoms with Crippen molar-refractivity contribution in [1.82, 2.24) is 5.32 Å². The molecule has 0 spiro atoms. The molecule has 5 heteroatoms. The highest BCUT2D eigenvalue weighted by atomic mass is 16.2. The minimum Gasteiger partial charge on any atom is -0.366 e. The second-order valence-electron chi connectivity index (χ2n) is 5.09. The second kappa shape index (κ2) is 5.64. The molecule has 0 aliphatic rings. The van der Waals surface area contributed by atoms with Gasteiger partial charge in [0, 0.05) is 16.8 Å². The van der Waals surface area contributed by atoms with Gasteiger partial charge in [0.15, 0.2) is 0 Å². The molecule has 5 nitrogen and oxygen atoms in total. The van der Waals surface area contributed by atoms with E-state index in [1.807, 2.05) is 20.8 Å². The lowest BCUT2D eigenvalue weighted by atomic mass is 10.1. The summed E-state index contributed by atoms with van der Waals surface area (Å²) in [7, 11) is 0. The lowest BCUT2D eigenvalue weighted by molar-refractivity contribution is -0.115. The van der Waals surface area contributed by atoms with Crippen LogP contribution in [0.1, 0.15) is 31.1 Å². The highest BCUT2D eigenvalue weighted by Crippen LogP contribution is 2.09. The van der Waals surface area contributed by atoms with Crippen LogP contribution in [-0.2, 0) is 4.79 Å². The third-order valence-electron chi connectivity index (χ3n) is 2.23. The van der Waals surface area contributed by atoms with E-state index in [1.165, 1.54) is 0 Å². The molecule has 4 N–H and O–H groups in total. The van der Waals surface area contributed by atoms with Gasteiger partial charge in [0.25, 0.3) is 0 Å². The zero-order valence-electron chi connectivity index (χ0n) is 10.9. The Morgan fingerprint density at radius 2 is 1.72 bits per heavy atom. The first-order valence-corrected chi connectivity index (χ1v) is 5.73. The molecule has 0 aromatic heterocycles. The summed E-state index contributed by atoms with van der Waals surface area (Å²) in [4.78, 5) is 22.5. The summed E-state index contributed by atoms with van der Waals surface area (Å²) in [6.07, 6.45) is 0. The van der Waals surface area contributed by atoms with E-state index in [4.69, 9.17) is 5.73 Å². The Morgan fingerprint density at radius 3 is 2.17 bits per heavy atom. The first-order chi connectivity index (χ1) is 8.28. The monoisotopic (exact) mass is 249 g/mol. The van der Waals surface area contributed by atoms with E-state index in [-0.39, 0.29) is 18.0 Å². The average molecular weight is 249 g/mol. The quantitative estimate of drug-likeness (QED) is 0.747. The summed E-state index contributed by atoms with van der Waals surface area (Å²) in [5.41, 5.74) is 6.08. The molecule has 98 valence electrons. The molecule has 0 aliphatic carbocycles. The number of nitrogens with one attached hydrogen (secondary N) is 2. The van der Waals surface area contributed by atoms with Crippen LogP contribution in [-0.4, -0.2) is 23.9 Å². The van der Waals surface area contributed by atoms with Gasteiger partial charge in [-0.05, 0) is 45.0 Å². The summed E-state index contributed by atoms with van der Waals surface area (Å²) in [6, 6.07) is 6.45. The van der Waals surface area contributed by atoms with Crippen LogP contribution in [0.25, 0.3) is 0 Å². The number of hydrogen-bond acceptors (Lipinski definition) is 3. The van der Waals surface area contributed by atoms with Crippen LogP contribution in [0, 0.1) is 0 Å². The summed E-state index contributed by atoms with van der Waals surface area (Å²) < 4.78 is 0. The fourth-order valence-corrected chi connectivity index (χ4v) is 1.27. The van der Waals surface area contributed by atoms with Crippen LogP contribution in [0.5, 0.6) is 0 Å². The number of primary amides is 1. The van der Waals surface area contributed by atoms with Crippen LogP contribution in [0.3, 0.4) is 0 Å². The van der Waals surface area contributed by atoms with Crippen LogP contribution >= 0.6 is 0 Å². The minimum absolute atomic E-state index is 0.104. The third kappa shape index (κ3) is 4.97. The van der Waals surface area contributed by atoms with Gasteiger partial charge in [-0.1, -0.05) is 0 Å². The zero-order chi connectivity index (χ0) is 13.8. The average Bonchev–Trinajstić information content (AvgIpc) is 2.26. The molecule has 0 heterocycles. The van der Waals surface area contributed by atoms with Crippen LogP contribution in [0.15, 0.2) is 24.3 Å². The van der Waals surface area contributed by atoms with E-state index in [1.54, 1.807) is 24.3 Å². The third-order valence-corrected chi connectivity index (χ3v) is 2.23. The van der Waals surface area contributed by atoms with Crippen molar-refractivity contribution in [3.05, 3.63) is 29.8 Å². The normalized spacial score (nSPS) is 11.1. The first kappa shape index (κ1) is 14.2. The largest absolute Gasteiger partial charge is 0.366 e. The molecular weight excluding hydrogens is 230 g/mol. The van der Waals surface area contributed by atoms with E-state index in [2.05, 4.69) is 10.6 Å². The van der Waals surface area contributed by atoms with Crippen molar-refractivity contribution in [2.24, 2.45) is 5.73 Å². The van der Waals surface area contributed by atoms with Gasteiger partial charge in [-0.2, -0.15) is 0 Å². The maximum absolute atomic E-state index is 11.6. The molecule has 18 heavy (non-hydrogen) atoms. The molecule has 0 unspecified atom stereocenters. The van der Waals surface area contributed by atoms with Crippen molar-refractivity contribution >= 4 is 17.5 Å². The Hall–Kier alpha value is -1.88. The van der Waals surface area contributed by atoms with Crippen molar-refractivity contribution in [3.8, 4) is 0 Å². The number of anilines is 1. The highest BCUT2D eigenvalue weighted by molar-refractivity contribution is 5.95. The topological polar surface area (TPSA) is 84.2 Å². The summed E-state index contributed by atoms with van der Waals surface area (Å²) in [6.45, 7) is 6.20. The molecule has 2 amide bonds. The predicted octanol–water partition coefficient (Wildman–Crippen LogP) is 1.11. The van der Waals surface area contributed by atoms with Crippen LogP contribution in [0.4, 0.5) is 5.69 Å². The fraction of sp³-hybridized carbons (Fsp3) is 0.385. The number of rotatable bonds is 4. The molecule has 0 aliphatic heterocycles. The van der Waals surface area contributed by atoms with Crippen molar-refractivity contribution in [2.75, 3.05) is 11.9 Å². The summed E-state index contributed by atoms with van der Waals surface area (Å²) in [5.74, 6) is -0.612. The standard InChI is InChI=1S/C13H19N3O2/c1-13(2,3)15-8-11(17)16-10-6-4-9(5-7-10)12(14)18/h4-7,15H,8H2,1-3H3,(H2,14,18)(H,16,17). The van der Waals surface area contributed by atoms with Gasteiger partial charge in [0.05, 0.1) is 6.54 Å². The molecule has 0 saturated carbocycles. The minimum atomic E-state index is -0.484. The number of benzene rings is 1. The number of nitrogens with two attached hydrogens (primary N) is 1. The zero-order valence-corrected chi connectivity index (χ0v) is 10.9. The summed E-state index contributed by atoms with van der Waals surface area (Å²) in [5, 5.41) is 5.81. The number of hydrogen-bond donors (Lipinski definition) is 3. The van der Waals surface area contributed by atoms with Crippen molar-refractivity contribution < 1.29 is 9.59 Å². The van der Waals surface area contributed by atoms with Gasteiger partial charge in [-0.25, -0.2) is 0 Å². The first-order valence-electron chi connectivity index (χ1n) is 5.73. The Labute approximate surface area is 107 Å². The van der Waals surface area contributed by atoms with Gasteiger partial charge in [0.1, 0.15) is 0 Å². The lowest BCUT2D eigenvalue weighted by Crippen LogP contribution is -2.41. The Morgan fingerprint density at radius 1 is 1.17 bits per heavy atom. The van der Waals surface area contributed by atoms with E-state index in [0.29, 0.717) is 11.3 Å². The van der Waals surface area contributed by atoms with Gasteiger partial charge in [-0.15, -0.1) is 0 Å². The maximum atomic E-state index is 11.6. The van der Waals surface area contributed by atoms with Crippen LogP contribution in [0.2, 0.25) is 0 Å². The van der Waals surface area contributed by atoms with E-state index < -0.39 is 5.91 Å². The number of carbonyl (C=O) groups is 2. The highest BCUT2D eigenvalue weighted by Gasteiger charge is 2.11. The molecule has 1 aromatic carbocycles. The van der Waals surface area contributed by atoms with Crippen molar-refractivity contribution in [2.45, 2.75) is 26.3 Å². The molecular formula is C13H19N3O2. The molecule has 1 aromatic rings. The molecule has 0 atom stereocenters. The second-order valence-corrected chi connectivity index (χ2v) is 5.09.